The first kappa shape index (κ1) is 17.9. The molecule has 6 nitrogen and oxygen atoms in total. The van der Waals surface area contributed by atoms with Crippen molar-refractivity contribution in [2.75, 3.05) is 0 Å². The summed E-state index contributed by atoms with van der Waals surface area (Å²) in [6, 6.07) is 13.9. The molecule has 0 saturated carbocycles. The molecule has 2 heterocycles. The summed E-state index contributed by atoms with van der Waals surface area (Å²) in [6.45, 7) is 0.708. The summed E-state index contributed by atoms with van der Waals surface area (Å²) in [6.07, 6.45) is 3.85. The van der Waals surface area contributed by atoms with Crippen molar-refractivity contribution >= 4 is 16.9 Å². The van der Waals surface area contributed by atoms with E-state index in [0.717, 1.165) is 31.5 Å². The molecule has 0 N–H and O–H groups in total. The van der Waals surface area contributed by atoms with Gasteiger partial charge in [-0.05, 0) is 37.1 Å². The van der Waals surface area contributed by atoms with E-state index in [1.807, 2.05) is 0 Å². The predicted molar refractivity (Wildman–Crippen MR) is 104 cm³/mol. The first-order chi connectivity index (χ1) is 13.7. The fourth-order valence-corrected chi connectivity index (χ4v) is 3.53. The molecule has 2 aromatic carbocycles. The standard InChI is InChI=1S/C22H19N3O3/c23-13-16-6-3-4-7-17(16)14-28-22(27)15-9-10-18-19(12-15)24-20-8-2-1-5-11-25(20)21(18)26/h3-4,6-7,9-10,12H,1-2,5,8,11,14H2. The number of hydrogen-bond donors (Lipinski definition) is 0. The molecule has 0 spiro atoms. The molecule has 28 heavy (non-hydrogen) atoms. The molecule has 0 amide bonds. The summed E-state index contributed by atoms with van der Waals surface area (Å²) in [5.41, 5.74) is 1.94. The van der Waals surface area contributed by atoms with Crippen molar-refractivity contribution < 1.29 is 9.53 Å². The maximum atomic E-state index is 12.8. The van der Waals surface area contributed by atoms with E-state index < -0.39 is 5.97 Å². The van der Waals surface area contributed by atoms with Gasteiger partial charge in [-0.3, -0.25) is 9.36 Å². The van der Waals surface area contributed by atoms with Gasteiger partial charge in [0.2, 0.25) is 0 Å². The van der Waals surface area contributed by atoms with Crippen LogP contribution < -0.4 is 5.56 Å². The Labute approximate surface area is 162 Å². The highest BCUT2D eigenvalue weighted by molar-refractivity contribution is 5.94. The molecule has 0 unspecified atom stereocenters. The third-order valence-electron chi connectivity index (χ3n) is 5.05. The lowest BCUT2D eigenvalue weighted by Crippen LogP contribution is -2.24. The number of nitrogens with zero attached hydrogens (tertiary/aromatic N) is 3. The molecule has 0 aliphatic carbocycles. The van der Waals surface area contributed by atoms with E-state index in [-0.39, 0.29) is 12.2 Å². The average molecular weight is 373 g/mol. The highest BCUT2D eigenvalue weighted by Crippen LogP contribution is 2.17. The summed E-state index contributed by atoms with van der Waals surface area (Å²) in [7, 11) is 0. The van der Waals surface area contributed by atoms with Crippen LogP contribution in [0.1, 0.15) is 46.6 Å². The van der Waals surface area contributed by atoms with Gasteiger partial charge in [-0.2, -0.15) is 5.26 Å². The van der Waals surface area contributed by atoms with Crippen LogP contribution in [-0.4, -0.2) is 15.5 Å². The largest absolute Gasteiger partial charge is 0.457 e. The van der Waals surface area contributed by atoms with Crippen molar-refractivity contribution in [2.24, 2.45) is 0 Å². The molecule has 0 saturated heterocycles. The number of rotatable bonds is 3. The van der Waals surface area contributed by atoms with E-state index in [2.05, 4.69) is 11.1 Å². The molecule has 1 aromatic heterocycles. The van der Waals surface area contributed by atoms with E-state index in [1.165, 1.54) is 0 Å². The van der Waals surface area contributed by atoms with Crippen LogP contribution in [0.4, 0.5) is 0 Å². The minimum Gasteiger partial charge on any atom is -0.457 e. The van der Waals surface area contributed by atoms with Crippen molar-refractivity contribution in [2.45, 2.75) is 38.8 Å². The smallest absolute Gasteiger partial charge is 0.338 e. The predicted octanol–water partition coefficient (Wildman–Crippen LogP) is 3.35. The zero-order valence-corrected chi connectivity index (χ0v) is 15.4. The van der Waals surface area contributed by atoms with Crippen LogP contribution in [0.3, 0.4) is 0 Å². The molecular formula is C22H19N3O3. The van der Waals surface area contributed by atoms with Crippen LogP contribution in [0.15, 0.2) is 47.3 Å². The van der Waals surface area contributed by atoms with Gasteiger partial charge in [-0.15, -0.1) is 0 Å². The van der Waals surface area contributed by atoms with Gasteiger partial charge in [0.15, 0.2) is 0 Å². The Morgan fingerprint density at radius 2 is 2.04 bits per heavy atom. The third kappa shape index (κ3) is 3.39. The first-order valence-electron chi connectivity index (χ1n) is 9.36. The lowest BCUT2D eigenvalue weighted by molar-refractivity contribution is 0.0472. The molecule has 140 valence electrons. The molecule has 6 heteroatoms. The van der Waals surface area contributed by atoms with E-state index >= 15 is 0 Å². The van der Waals surface area contributed by atoms with Gasteiger partial charge >= 0.3 is 5.97 Å². The molecule has 1 aliphatic heterocycles. The Bertz CT molecular complexity index is 1160. The zero-order chi connectivity index (χ0) is 19.5. The van der Waals surface area contributed by atoms with Crippen molar-refractivity contribution in [3.05, 3.63) is 75.3 Å². The van der Waals surface area contributed by atoms with E-state index in [4.69, 9.17) is 10.00 Å². The van der Waals surface area contributed by atoms with Crippen molar-refractivity contribution in [1.82, 2.24) is 9.55 Å². The maximum absolute atomic E-state index is 12.8. The number of aryl methyl sites for hydroxylation is 1. The van der Waals surface area contributed by atoms with E-state index in [1.54, 1.807) is 47.0 Å². The number of benzene rings is 2. The van der Waals surface area contributed by atoms with Gasteiger partial charge in [0, 0.05) is 18.5 Å². The Morgan fingerprint density at radius 1 is 1.18 bits per heavy atom. The second-order valence-corrected chi connectivity index (χ2v) is 6.87. The monoisotopic (exact) mass is 373 g/mol. The van der Waals surface area contributed by atoms with Crippen LogP contribution in [0.5, 0.6) is 0 Å². The summed E-state index contributed by atoms with van der Waals surface area (Å²) in [5.74, 6) is 0.273. The molecule has 0 fully saturated rings. The molecule has 4 rings (SSSR count). The number of fused-ring (bicyclic) bond motifs is 2. The highest BCUT2D eigenvalue weighted by atomic mass is 16.5. The number of carbonyl (C=O) groups is 1. The van der Waals surface area contributed by atoms with Gasteiger partial charge in [0.1, 0.15) is 12.4 Å². The lowest BCUT2D eigenvalue weighted by atomic mass is 10.1. The number of ether oxygens (including phenoxy) is 1. The Kier molecular flexibility index (Phi) is 4.90. The van der Waals surface area contributed by atoms with Crippen LogP contribution in [0, 0.1) is 11.3 Å². The number of aromatic nitrogens is 2. The number of hydrogen-bond acceptors (Lipinski definition) is 5. The van der Waals surface area contributed by atoms with Gasteiger partial charge in [-0.1, -0.05) is 24.6 Å². The van der Waals surface area contributed by atoms with Crippen molar-refractivity contribution in [1.29, 1.82) is 5.26 Å². The number of nitriles is 1. The van der Waals surface area contributed by atoms with Gasteiger partial charge in [0.25, 0.3) is 5.56 Å². The lowest BCUT2D eigenvalue weighted by Gasteiger charge is -2.11. The maximum Gasteiger partial charge on any atom is 0.338 e. The van der Waals surface area contributed by atoms with Crippen LogP contribution in [-0.2, 0) is 24.3 Å². The Morgan fingerprint density at radius 3 is 2.89 bits per heavy atom. The Balaban J connectivity index is 1.61. The summed E-state index contributed by atoms with van der Waals surface area (Å²) in [4.78, 5) is 29.9. The average Bonchev–Trinajstić information content (AvgIpc) is 2.97. The quantitative estimate of drug-likeness (QED) is 0.657. The fraction of sp³-hybridized carbons (Fsp3) is 0.273. The molecule has 0 bridgehead atoms. The minimum absolute atomic E-state index is 0.0148. The summed E-state index contributed by atoms with van der Waals surface area (Å²) >= 11 is 0. The SMILES string of the molecule is N#Cc1ccccc1COC(=O)c1ccc2c(=O)n3c(nc2c1)CCCCC3. The van der Waals surface area contributed by atoms with E-state index in [9.17, 15) is 9.59 Å². The minimum atomic E-state index is -0.508. The van der Waals surface area contributed by atoms with Gasteiger partial charge in [-0.25, -0.2) is 9.78 Å². The highest BCUT2D eigenvalue weighted by Gasteiger charge is 2.16. The van der Waals surface area contributed by atoms with Gasteiger partial charge in [0.05, 0.1) is 28.1 Å². The topological polar surface area (TPSA) is 85.0 Å². The second kappa shape index (κ2) is 7.65. The first-order valence-corrected chi connectivity index (χ1v) is 9.36. The second-order valence-electron chi connectivity index (χ2n) is 6.87. The van der Waals surface area contributed by atoms with Crippen molar-refractivity contribution in [3.63, 3.8) is 0 Å². The number of carbonyl (C=O) groups excluding carboxylic acids is 1. The van der Waals surface area contributed by atoms with Crippen LogP contribution in [0.25, 0.3) is 10.9 Å². The van der Waals surface area contributed by atoms with Crippen molar-refractivity contribution in [3.8, 4) is 6.07 Å². The fourth-order valence-electron chi connectivity index (χ4n) is 3.53. The number of esters is 1. The molecule has 0 atom stereocenters. The third-order valence-corrected chi connectivity index (χ3v) is 5.05. The van der Waals surface area contributed by atoms with Crippen LogP contribution >= 0.6 is 0 Å². The normalized spacial score (nSPS) is 13.4. The van der Waals surface area contributed by atoms with E-state index in [0.29, 0.717) is 34.1 Å². The molecule has 1 aliphatic rings. The molecular weight excluding hydrogens is 354 g/mol. The summed E-state index contributed by atoms with van der Waals surface area (Å²) in [5, 5.41) is 9.64. The Hall–Kier alpha value is -3.46. The van der Waals surface area contributed by atoms with Gasteiger partial charge < -0.3 is 4.74 Å². The molecule has 3 aromatic rings. The van der Waals surface area contributed by atoms with Crippen LogP contribution in [0.2, 0.25) is 0 Å². The summed E-state index contributed by atoms with van der Waals surface area (Å²) < 4.78 is 7.12. The zero-order valence-electron chi connectivity index (χ0n) is 15.4. The molecule has 0 radical (unpaired) electrons.